The standard InChI is InChI=1S/C32H39N5O3S/c1-23-7-17-28(18-8-23)41(38,39)35-22-26-11-9-25(10-12-26)21-34-32-36-30-6-4-3-5-29(30)31(37-32)33-20-19-24-13-15-27(40-2)16-14-24/h3-8,13-18,25-26,35H,9-12,19-22H2,1-2H3,(H2,33,34,36,37). The van der Waals surface area contributed by atoms with Crippen LogP contribution in [0.25, 0.3) is 10.9 Å². The smallest absolute Gasteiger partial charge is 0.240 e. The zero-order valence-corrected chi connectivity index (χ0v) is 24.6. The molecule has 1 fully saturated rings. The number of fused-ring (bicyclic) bond motifs is 1. The lowest BCUT2D eigenvalue weighted by molar-refractivity contribution is 0.284. The van der Waals surface area contributed by atoms with Gasteiger partial charge in [-0.3, -0.25) is 0 Å². The summed E-state index contributed by atoms with van der Waals surface area (Å²) >= 11 is 0. The second-order valence-electron chi connectivity index (χ2n) is 10.9. The van der Waals surface area contributed by atoms with Crippen molar-refractivity contribution >= 4 is 32.7 Å². The topological polar surface area (TPSA) is 105 Å². The normalized spacial score (nSPS) is 17.3. The third kappa shape index (κ3) is 7.74. The van der Waals surface area contributed by atoms with Crippen LogP contribution in [0.2, 0.25) is 0 Å². The highest BCUT2D eigenvalue weighted by Gasteiger charge is 2.23. The Bertz CT molecular complexity index is 1530. The van der Waals surface area contributed by atoms with Crippen molar-refractivity contribution in [3.05, 3.63) is 83.9 Å². The van der Waals surface area contributed by atoms with E-state index in [-0.39, 0.29) is 0 Å². The van der Waals surface area contributed by atoms with E-state index in [0.717, 1.165) is 73.2 Å². The molecule has 0 amide bonds. The van der Waals surface area contributed by atoms with E-state index in [2.05, 4.69) is 27.5 Å². The number of hydrogen-bond acceptors (Lipinski definition) is 7. The van der Waals surface area contributed by atoms with E-state index in [0.29, 0.717) is 29.2 Å². The van der Waals surface area contributed by atoms with Crippen LogP contribution in [0.3, 0.4) is 0 Å². The van der Waals surface area contributed by atoms with Gasteiger partial charge >= 0.3 is 0 Å². The Morgan fingerprint density at radius 2 is 1.51 bits per heavy atom. The van der Waals surface area contributed by atoms with Gasteiger partial charge in [0.05, 0.1) is 17.5 Å². The molecule has 1 saturated carbocycles. The number of ether oxygens (including phenoxy) is 1. The molecule has 1 aliphatic carbocycles. The highest BCUT2D eigenvalue weighted by molar-refractivity contribution is 7.89. The number of rotatable bonds is 12. The molecule has 9 heteroatoms. The van der Waals surface area contributed by atoms with Crippen LogP contribution in [-0.2, 0) is 16.4 Å². The van der Waals surface area contributed by atoms with Crippen molar-refractivity contribution in [2.24, 2.45) is 11.8 Å². The van der Waals surface area contributed by atoms with Crippen molar-refractivity contribution in [1.82, 2.24) is 14.7 Å². The maximum Gasteiger partial charge on any atom is 0.240 e. The Balaban J connectivity index is 1.12. The van der Waals surface area contributed by atoms with Crippen LogP contribution in [0.4, 0.5) is 11.8 Å². The number of aromatic nitrogens is 2. The molecule has 0 atom stereocenters. The Morgan fingerprint density at radius 3 is 2.22 bits per heavy atom. The first-order valence-corrected chi connectivity index (χ1v) is 15.8. The highest BCUT2D eigenvalue weighted by Crippen LogP contribution is 2.29. The minimum absolute atomic E-state index is 0.325. The number of nitrogens with one attached hydrogen (secondary N) is 3. The van der Waals surface area contributed by atoms with Gasteiger partial charge in [0.1, 0.15) is 11.6 Å². The highest BCUT2D eigenvalue weighted by atomic mass is 32.2. The molecule has 0 saturated heterocycles. The van der Waals surface area contributed by atoms with Gasteiger partial charge in [0, 0.05) is 25.0 Å². The van der Waals surface area contributed by atoms with Crippen molar-refractivity contribution in [3.8, 4) is 5.75 Å². The summed E-state index contributed by atoms with van der Waals surface area (Å²) in [5, 5.41) is 7.99. The van der Waals surface area contributed by atoms with Gasteiger partial charge in [-0.05, 0) is 92.8 Å². The van der Waals surface area contributed by atoms with Crippen LogP contribution in [0.15, 0.2) is 77.7 Å². The summed E-state index contributed by atoms with van der Waals surface area (Å²) in [5.74, 6) is 3.17. The first-order valence-electron chi connectivity index (χ1n) is 14.3. The summed E-state index contributed by atoms with van der Waals surface area (Å²) < 4.78 is 33.4. The minimum Gasteiger partial charge on any atom is -0.497 e. The maximum absolute atomic E-state index is 12.6. The van der Waals surface area contributed by atoms with Gasteiger partial charge < -0.3 is 15.4 Å². The van der Waals surface area contributed by atoms with E-state index in [1.165, 1.54) is 5.56 Å². The molecule has 1 aromatic heterocycles. The predicted octanol–water partition coefficient (Wildman–Crippen LogP) is 5.80. The Hall–Kier alpha value is -3.69. The van der Waals surface area contributed by atoms with Gasteiger partial charge in [-0.2, -0.15) is 4.98 Å². The second kappa shape index (κ2) is 13.3. The second-order valence-corrected chi connectivity index (χ2v) is 12.6. The van der Waals surface area contributed by atoms with Gasteiger partial charge in [0.15, 0.2) is 0 Å². The largest absolute Gasteiger partial charge is 0.497 e. The lowest BCUT2D eigenvalue weighted by Crippen LogP contribution is -2.32. The number of para-hydroxylation sites is 1. The van der Waals surface area contributed by atoms with Gasteiger partial charge in [0.25, 0.3) is 0 Å². The molecule has 3 aromatic carbocycles. The molecular weight excluding hydrogens is 534 g/mol. The molecule has 5 rings (SSSR count). The molecule has 1 heterocycles. The predicted molar refractivity (Wildman–Crippen MR) is 165 cm³/mol. The molecule has 0 aliphatic heterocycles. The van der Waals surface area contributed by atoms with Gasteiger partial charge in [-0.15, -0.1) is 0 Å². The van der Waals surface area contributed by atoms with E-state index < -0.39 is 10.0 Å². The first kappa shape index (κ1) is 28.8. The molecule has 4 aromatic rings. The summed E-state index contributed by atoms with van der Waals surface area (Å²) in [7, 11) is -1.80. The Morgan fingerprint density at radius 1 is 0.829 bits per heavy atom. The number of methoxy groups -OCH3 is 1. The van der Waals surface area contributed by atoms with Crippen molar-refractivity contribution in [3.63, 3.8) is 0 Å². The van der Waals surface area contributed by atoms with E-state index in [9.17, 15) is 8.42 Å². The van der Waals surface area contributed by atoms with Gasteiger partial charge in [-0.1, -0.05) is 42.0 Å². The molecule has 41 heavy (non-hydrogen) atoms. The van der Waals surface area contributed by atoms with Crippen LogP contribution in [0.1, 0.15) is 36.8 Å². The fraction of sp³-hybridized carbons (Fsp3) is 0.375. The Kier molecular flexibility index (Phi) is 9.36. The zero-order chi connectivity index (χ0) is 28.7. The summed E-state index contributed by atoms with van der Waals surface area (Å²) in [6.45, 7) is 3.98. The lowest BCUT2D eigenvalue weighted by atomic mass is 9.82. The third-order valence-electron chi connectivity index (χ3n) is 7.88. The molecule has 0 bridgehead atoms. The van der Waals surface area contributed by atoms with Crippen LogP contribution in [-0.4, -0.2) is 45.1 Å². The summed E-state index contributed by atoms with van der Waals surface area (Å²) in [6, 6.07) is 23.2. The number of anilines is 2. The van der Waals surface area contributed by atoms with Crippen molar-refractivity contribution in [1.29, 1.82) is 0 Å². The third-order valence-corrected chi connectivity index (χ3v) is 9.32. The average Bonchev–Trinajstić information content (AvgIpc) is 3.00. The monoisotopic (exact) mass is 573 g/mol. The van der Waals surface area contributed by atoms with E-state index in [1.807, 2.05) is 55.5 Å². The molecule has 3 N–H and O–H groups in total. The van der Waals surface area contributed by atoms with E-state index in [1.54, 1.807) is 19.2 Å². The van der Waals surface area contributed by atoms with E-state index >= 15 is 0 Å². The quantitative estimate of drug-likeness (QED) is 0.197. The Labute approximate surface area is 243 Å². The number of sulfonamides is 1. The lowest BCUT2D eigenvalue weighted by Gasteiger charge is -2.28. The van der Waals surface area contributed by atoms with Crippen LogP contribution < -0.4 is 20.1 Å². The van der Waals surface area contributed by atoms with Gasteiger partial charge in [0.2, 0.25) is 16.0 Å². The zero-order valence-electron chi connectivity index (χ0n) is 23.8. The van der Waals surface area contributed by atoms with Crippen LogP contribution in [0.5, 0.6) is 5.75 Å². The number of aryl methyl sites for hydroxylation is 1. The molecule has 0 spiro atoms. The van der Waals surface area contributed by atoms with Gasteiger partial charge in [-0.25, -0.2) is 18.1 Å². The maximum atomic E-state index is 12.6. The fourth-order valence-corrected chi connectivity index (χ4v) is 6.43. The van der Waals surface area contributed by atoms with E-state index in [4.69, 9.17) is 14.7 Å². The molecule has 8 nitrogen and oxygen atoms in total. The van der Waals surface area contributed by atoms with Crippen molar-refractivity contribution in [2.75, 3.05) is 37.4 Å². The SMILES string of the molecule is COc1ccc(CCNc2nc(NCC3CCC(CNS(=O)(=O)c4ccc(C)cc4)CC3)nc3ccccc23)cc1. The average molecular weight is 574 g/mol. The summed E-state index contributed by atoms with van der Waals surface area (Å²) in [6.07, 6.45) is 4.96. The van der Waals surface area contributed by atoms with Crippen LogP contribution >= 0.6 is 0 Å². The number of nitrogens with zero attached hydrogens (tertiary/aromatic N) is 2. The minimum atomic E-state index is -3.47. The number of hydrogen-bond donors (Lipinski definition) is 3. The molecule has 1 aliphatic rings. The molecule has 216 valence electrons. The number of benzene rings is 3. The van der Waals surface area contributed by atoms with Crippen molar-refractivity contribution in [2.45, 2.75) is 43.9 Å². The molecule has 0 unspecified atom stereocenters. The molecular formula is C32H39N5O3S. The molecule has 0 radical (unpaired) electrons. The van der Waals surface area contributed by atoms with Crippen molar-refractivity contribution < 1.29 is 13.2 Å². The summed E-state index contributed by atoms with van der Waals surface area (Å²) in [5.41, 5.74) is 3.18. The van der Waals surface area contributed by atoms with Crippen LogP contribution in [0, 0.1) is 18.8 Å². The summed E-state index contributed by atoms with van der Waals surface area (Å²) in [4.78, 5) is 9.90. The first-order chi connectivity index (χ1) is 19.9. The fourth-order valence-electron chi connectivity index (χ4n) is 5.31.